The van der Waals surface area contributed by atoms with Crippen LogP contribution in [0.2, 0.25) is 0 Å². The zero-order chi connectivity index (χ0) is 31.5. The first-order valence-electron chi connectivity index (χ1n) is 14.6. The molecule has 0 unspecified atom stereocenters. The van der Waals surface area contributed by atoms with Gasteiger partial charge in [-0.3, -0.25) is 19.4 Å². The molecule has 44 heavy (non-hydrogen) atoms. The number of fused-ring (bicyclic) bond motifs is 2. The SMILES string of the molecule is CC(C)N1CCN(Cc2ccc3cc(C=O)sc3n2)CC1.CNc1cc(NC=O)ccc1F.Cc1ccc2c(c1)OCCO2. The van der Waals surface area contributed by atoms with Crippen molar-refractivity contribution in [1.29, 1.82) is 0 Å². The summed E-state index contributed by atoms with van der Waals surface area (Å²) in [7, 11) is 1.61. The Hall–Kier alpha value is -4.06. The number of hydrogen-bond acceptors (Lipinski definition) is 9. The topological polar surface area (TPSA) is 96.0 Å². The fraction of sp³-hybridized carbons (Fsp3) is 0.364. The minimum atomic E-state index is -0.339. The van der Waals surface area contributed by atoms with E-state index in [0.717, 1.165) is 71.3 Å². The number of halogens is 1. The van der Waals surface area contributed by atoms with E-state index in [9.17, 15) is 14.0 Å². The first-order valence-corrected chi connectivity index (χ1v) is 15.5. The smallest absolute Gasteiger partial charge is 0.211 e. The second kappa shape index (κ2) is 16.1. The number of hydrogen-bond donors (Lipinski definition) is 2. The van der Waals surface area contributed by atoms with Crippen LogP contribution in [0.5, 0.6) is 11.5 Å². The van der Waals surface area contributed by atoms with E-state index in [2.05, 4.69) is 46.4 Å². The quantitative estimate of drug-likeness (QED) is 0.249. The van der Waals surface area contributed by atoms with Gasteiger partial charge in [-0.05, 0) is 68.8 Å². The Kier molecular flexibility index (Phi) is 12.0. The predicted octanol–water partition coefficient (Wildman–Crippen LogP) is 5.84. The maximum Gasteiger partial charge on any atom is 0.211 e. The number of amides is 1. The van der Waals surface area contributed by atoms with Crippen LogP contribution < -0.4 is 20.1 Å². The van der Waals surface area contributed by atoms with Gasteiger partial charge in [0.1, 0.15) is 23.9 Å². The highest BCUT2D eigenvalue weighted by Crippen LogP contribution is 2.30. The number of aldehydes is 1. The molecule has 1 fully saturated rings. The molecule has 6 rings (SSSR count). The third kappa shape index (κ3) is 9.22. The third-order valence-corrected chi connectivity index (χ3v) is 8.23. The molecule has 4 heterocycles. The number of anilines is 2. The van der Waals surface area contributed by atoms with E-state index in [0.29, 0.717) is 37.0 Å². The molecule has 0 saturated carbocycles. The number of thiophene rings is 1. The van der Waals surface area contributed by atoms with Crippen LogP contribution in [0.1, 0.15) is 34.8 Å². The van der Waals surface area contributed by atoms with Crippen molar-refractivity contribution in [1.82, 2.24) is 14.8 Å². The molecule has 0 atom stereocenters. The first kappa shape index (κ1) is 32.8. The maximum absolute atomic E-state index is 12.8. The van der Waals surface area contributed by atoms with E-state index in [1.165, 1.54) is 35.1 Å². The maximum atomic E-state index is 12.8. The molecule has 0 aliphatic carbocycles. The number of nitrogens with zero attached hydrogens (tertiary/aromatic N) is 3. The molecule has 2 aromatic heterocycles. The summed E-state index contributed by atoms with van der Waals surface area (Å²) in [6.07, 6.45) is 1.45. The zero-order valence-corrected chi connectivity index (χ0v) is 26.5. The normalized spacial score (nSPS) is 14.6. The van der Waals surface area contributed by atoms with Gasteiger partial charge >= 0.3 is 0 Å². The number of rotatable bonds is 7. The molecule has 2 aromatic carbocycles. The molecule has 234 valence electrons. The van der Waals surface area contributed by atoms with Gasteiger partial charge in [0.25, 0.3) is 0 Å². The van der Waals surface area contributed by atoms with Crippen molar-refractivity contribution in [3.8, 4) is 11.5 Å². The molecule has 11 heteroatoms. The van der Waals surface area contributed by atoms with Crippen LogP contribution in [0.25, 0.3) is 10.2 Å². The van der Waals surface area contributed by atoms with Gasteiger partial charge in [-0.2, -0.15) is 0 Å². The summed E-state index contributed by atoms with van der Waals surface area (Å²) in [6, 6.07) is 17.0. The van der Waals surface area contributed by atoms with E-state index in [4.69, 9.17) is 14.5 Å². The number of benzene rings is 2. The highest BCUT2D eigenvalue weighted by molar-refractivity contribution is 7.20. The standard InChI is InChI=1S/C16H21N3OS.C9H10O2.C8H9FN2O/c1-12(2)19-7-5-18(6-8-19)10-14-4-3-13-9-15(11-20)21-16(13)17-14;1-7-2-3-8-9(6-7)11-5-4-10-8;1-10-8-4-6(11-5-12)2-3-7(8)9/h3-4,9,11-12H,5-8,10H2,1-2H3;2-3,6H,4-5H2,1H3;2-5,10H,1H3,(H,11,12). The Morgan fingerprint density at radius 3 is 2.41 bits per heavy atom. The van der Waals surface area contributed by atoms with Gasteiger partial charge in [-0.1, -0.05) is 12.1 Å². The minimum absolute atomic E-state index is 0.339. The van der Waals surface area contributed by atoms with Crippen molar-refractivity contribution in [3.63, 3.8) is 0 Å². The molecule has 0 radical (unpaired) electrons. The zero-order valence-electron chi connectivity index (χ0n) is 25.6. The van der Waals surface area contributed by atoms with Crippen molar-refractivity contribution in [2.45, 2.75) is 33.4 Å². The molecular weight excluding hydrogens is 581 g/mol. The second-order valence-corrected chi connectivity index (χ2v) is 11.8. The number of aryl methyl sites for hydroxylation is 1. The Balaban J connectivity index is 0.000000163. The summed E-state index contributed by atoms with van der Waals surface area (Å²) < 4.78 is 23.6. The average molecular weight is 622 g/mol. The van der Waals surface area contributed by atoms with Crippen LogP contribution in [0.3, 0.4) is 0 Å². The van der Waals surface area contributed by atoms with Gasteiger partial charge in [0.2, 0.25) is 6.41 Å². The summed E-state index contributed by atoms with van der Waals surface area (Å²) >= 11 is 1.47. The Morgan fingerprint density at radius 1 is 0.977 bits per heavy atom. The molecule has 2 aliphatic heterocycles. The molecule has 0 bridgehead atoms. The van der Waals surface area contributed by atoms with Crippen LogP contribution in [-0.2, 0) is 11.3 Å². The third-order valence-electron chi connectivity index (χ3n) is 7.26. The summed E-state index contributed by atoms with van der Waals surface area (Å²) in [5.74, 6) is 1.40. The highest BCUT2D eigenvalue weighted by atomic mass is 32.1. The van der Waals surface area contributed by atoms with Crippen molar-refractivity contribution >= 4 is 45.6 Å². The van der Waals surface area contributed by atoms with E-state index < -0.39 is 0 Å². The van der Waals surface area contributed by atoms with Crippen molar-refractivity contribution in [3.05, 3.63) is 76.5 Å². The first-order chi connectivity index (χ1) is 21.3. The lowest BCUT2D eigenvalue weighted by molar-refractivity contribution is -0.105. The summed E-state index contributed by atoms with van der Waals surface area (Å²) in [5, 5.41) is 6.15. The Labute approximate surface area is 262 Å². The van der Waals surface area contributed by atoms with E-state index in [1.807, 2.05) is 31.2 Å². The lowest BCUT2D eigenvalue weighted by Gasteiger charge is -2.36. The molecule has 2 N–H and O–H groups in total. The lowest BCUT2D eigenvalue weighted by atomic mass is 10.2. The molecule has 0 spiro atoms. The molecule has 1 amide bonds. The van der Waals surface area contributed by atoms with Crippen molar-refractivity contribution in [2.75, 3.05) is 57.1 Å². The highest BCUT2D eigenvalue weighted by Gasteiger charge is 2.19. The Bertz CT molecular complexity index is 1540. The van der Waals surface area contributed by atoms with Gasteiger partial charge < -0.3 is 20.1 Å². The van der Waals surface area contributed by atoms with Crippen molar-refractivity contribution < 1.29 is 23.5 Å². The van der Waals surface area contributed by atoms with Gasteiger partial charge in [0, 0.05) is 56.9 Å². The average Bonchev–Trinajstić information content (AvgIpc) is 3.46. The van der Waals surface area contributed by atoms with Crippen LogP contribution in [0.15, 0.2) is 54.6 Å². The number of carbonyl (C=O) groups is 2. The minimum Gasteiger partial charge on any atom is -0.486 e. The second-order valence-electron chi connectivity index (χ2n) is 10.7. The van der Waals surface area contributed by atoms with E-state index >= 15 is 0 Å². The number of piperazine rings is 1. The monoisotopic (exact) mass is 621 g/mol. The lowest BCUT2D eigenvalue weighted by Crippen LogP contribution is -2.48. The van der Waals surface area contributed by atoms with Crippen LogP contribution in [-0.4, -0.2) is 80.0 Å². The van der Waals surface area contributed by atoms with Gasteiger partial charge in [-0.25, -0.2) is 9.37 Å². The number of pyridine rings is 1. The van der Waals surface area contributed by atoms with Crippen LogP contribution >= 0.6 is 11.3 Å². The largest absolute Gasteiger partial charge is 0.486 e. The molecule has 1 saturated heterocycles. The van der Waals surface area contributed by atoms with E-state index in [-0.39, 0.29) is 5.82 Å². The molecule has 9 nitrogen and oxygen atoms in total. The molecular formula is C33H40FN5O4S. The fourth-order valence-corrected chi connectivity index (χ4v) is 5.68. The number of ether oxygens (including phenoxy) is 2. The van der Waals surface area contributed by atoms with Gasteiger partial charge in [0.15, 0.2) is 17.8 Å². The number of aromatic nitrogens is 1. The van der Waals surface area contributed by atoms with Gasteiger partial charge in [0.05, 0.1) is 16.3 Å². The Morgan fingerprint density at radius 2 is 1.73 bits per heavy atom. The van der Waals surface area contributed by atoms with Crippen LogP contribution in [0, 0.1) is 12.7 Å². The van der Waals surface area contributed by atoms with Gasteiger partial charge in [-0.15, -0.1) is 11.3 Å². The molecule has 4 aromatic rings. The summed E-state index contributed by atoms with van der Waals surface area (Å²) in [5.41, 5.74) is 3.23. The number of nitrogens with one attached hydrogen (secondary N) is 2. The fourth-order valence-electron chi connectivity index (χ4n) is 4.81. The summed E-state index contributed by atoms with van der Waals surface area (Å²) in [6.45, 7) is 13.2. The van der Waals surface area contributed by atoms with E-state index in [1.54, 1.807) is 7.05 Å². The number of carbonyl (C=O) groups excluding carboxylic acids is 2. The summed E-state index contributed by atoms with van der Waals surface area (Å²) in [4.78, 5) is 32.3. The van der Waals surface area contributed by atoms with Crippen LogP contribution in [0.4, 0.5) is 15.8 Å². The molecule has 2 aliphatic rings. The van der Waals surface area contributed by atoms with Crippen molar-refractivity contribution in [2.24, 2.45) is 0 Å². The predicted molar refractivity (Wildman–Crippen MR) is 175 cm³/mol.